The van der Waals surface area contributed by atoms with Gasteiger partial charge in [0, 0.05) is 25.6 Å². The molecule has 1 aliphatic carbocycles. The van der Waals surface area contributed by atoms with Crippen LogP contribution >= 0.6 is 0 Å². The summed E-state index contributed by atoms with van der Waals surface area (Å²) in [5.41, 5.74) is 5.49. The number of nitrogens with two attached hydrogens (primary N) is 1. The molecule has 2 N–H and O–H groups in total. The van der Waals surface area contributed by atoms with E-state index in [1.807, 2.05) is 4.90 Å². The molecule has 1 rings (SSSR count). The van der Waals surface area contributed by atoms with Gasteiger partial charge in [-0.2, -0.15) is 0 Å². The summed E-state index contributed by atoms with van der Waals surface area (Å²) in [5, 5.41) is 0. The summed E-state index contributed by atoms with van der Waals surface area (Å²) in [6.07, 6.45) is 6.36. The van der Waals surface area contributed by atoms with Crippen LogP contribution in [0.25, 0.3) is 0 Å². The summed E-state index contributed by atoms with van der Waals surface area (Å²) in [6.45, 7) is 7.12. The molecule has 4 nitrogen and oxygen atoms in total. The van der Waals surface area contributed by atoms with Gasteiger partial charge in [0.15, 0.2) is 0 Å². The average Bonchev–Trinajstić information content (AvgIpc) is 2.87. The fourth-order valence-electron chi connectivity index (χ4n) is 3.47. The number of hydrogen-bond donors (Lipinski definition) is 1. The second-order valence-electron chi connectivity index (χ2n) is 6.51. The predicted octanol–water partition coefficient (Wildman–Crippen LogP) is 2.42. The van der Waals surface area contributed by atoms with Crippen LogP contribution in [0.3, 0.4) is 0 Å². The predicted molar refractivity (Wildman–Crippen MR) is 82.5 cm³/mol. The Hall–Kier alpha value is -0.610. The van der Waals surface area contributed by atoms with Gasteiger partial charge in [0.2, 0.25) is 5.91 Å². The maximum Gasteiger partial charge on any atom is 0.228 e. The SMILES string of the molecule is COCCN(CCCN)C(=O)C1(CC(C)C)CCCC1. The minimum Gasteiger partial charge on any atom is -0.383 e. The Balaban J connectivity index is 2.76. The molecular weight excluding hydrogens is 252 g/mol. The monoisotopic (exact) mass is 284 g/mol. The van der Waals surface area contributed by atoms with Crippen LogP contribution in [0.4, 0.5) is 0 Å². The van der Waals surface area contributed by atoms with Crippen molar-refractivity contribution in [2.24, 2.45) is 17.1 Å². The second kappa shape index (κ2) is 8.63. The summed E-state index contributed by atoms with van der Waals surface area (Å²) in [7, 11) is 1.69. The van der Waals surface area contributed by atoms with Crippen molar-refractivity contribution in [3.63, 3.8) is 0 Å². The average molecular weight is 284 g/mol. The normalized spacial score (nSPS) is 17.6. The number of nitrogens with zero attached hydrogens (tertiary/aromatic N) is 1. The highest BCUT2D eigenvalue weighted by atomic mass is 16.5. The highest BCUT2D eigenvalue weighted by Crippen LogP contribution is 2.44. The molecule has 1 fully saturated rings. The van der Waals surface area contributed by atoms with Gasteiger partial charge in [0.25, 0.3) is 0 Å². The topological polar surface area (TPSA) is 55.6 Å². The minimum absolute atomic E-state index is 0.115. The molecule has 0 saturated heterocycles. The summed E-state index contributed by atoms with van der Waals surface area (Å²) in [4.78, 5) is 15.0. The zero-order valence-corrected chi connectivity index (χ0v) is 13.5. The molecule has 0 unspecified atom stereocenters. The van der Waals surface area contributed by atoms with E-state index in [-0.39, 0.29) is 5.41 Å². The Morgan fingerprint density at radius 1 is 1.30 bits per heavy atom. The summed E-state index contributed by atoms with van der Waals surface area (Å²) >= 11 is 0. The van der Waals surface area contributed by atoms with Crippen molar-refractivity contribution < 1.29 is 9.53 Å². The van der Waals surface area contributed by atoms with E-state index in [1.165, 1.54) is 12.8 Å². The van der Waals surface area contributed by atoms with Gasteiger partial charge >= 0.3 is 0 Å². The van der Waals surface area contributed by atoms with Crippen molar-refractivity contribution in [2.45, 2.75) is 52.4 Å². The molecule has 0 aliphatic heterocycles. The van der Waals surface area contributed by atoms with Crippen LogP contribution < -0.4 is 5.73 Å². The Labute approximate surface area is 124 Å². The molecule has 0 spiro atoms. The molecule has 0 radical (unpaired) electrons. The number of amides is 1. The lowest BCUT2D eigenvalue weighted by atomic mass is 9.77. The smallest absolute Gasteiger partial charge is 0.228 e. The molecule has 0 aromatic carbocycles. The molecule has 1 saturated carbocycles. The van der Waals surface area contributed by atoms with Crippen molar-refractivity contribution in [3.05, 3.63) is 0 Å². The molecule has 20 heavy (non-hydrogen) atoms. The molecule has 0 atom stereocenters. The molecule has 118 valence electrons. The Morgan fingerprint density at radius 3 is 2.45 bits per heavy atom. The van der Waals surface area contributed by atoms with E-state index in [9.17, 15) is 4.79 Å². The number of methoxy groups -OCH3 is 1. The first-order valence-electron chi connectivity index (χ1n) is 8.04. The van der Waals surface area contributed by atoms with Crippen molar-refractivity contribution in [1.82, 2.24) is 4.90 Å². The third-order valence-corrected chi connectivity index (χ3v) is 4.30. The van der Waals surface area contributed by atoms with Crippen LogP contribution in [0, 0.1) is 11.3 Å². The quantitative estimate of drug-likeness (QED) is 0.707. The number of rotatable bonds is 9. The van der Waals surface area contributed by atoms with Crippen LogP contribution in [-0.2, 0) is 9.53 Å². The number of carbonyl (C=O) groups excluding carboxylic acids is 1. The van der Waals surface area contributed by atoms with Crippen molar-refractivity contribution in [2.75, 3.05) is 33.4 Å². The van der Waals surface area contributed by atoms with Gasteiger partial charge in [-0.3, -0.25) is 4.79 Å². The first kappa shape index (κ1) is 17.4. The maximum atomic E-state index is 13.0. The third kappa shape index (κ3) is 4.74. The lowest BCUT2D eigenvalue weighted by Crippen LogP contribution is -2.45. The maximum absolute atomic E-state index is 13.0. The lowest BCUT2D eigenvalue weighted by molar-refractivity contribution is -0.143. The highest BCUT2D eigenvalue weighted by molar-refractivity contribution is 5.83. The standard InChI is InChI=1S/C16H32N2O2/c1-14(2)13-16(7-4-5-8-16)15(19)18(10-6-9-17)11-12-20-3/h14H,4-13,17H2,1-3H3. The van der Waals surface area contributed by atoms with Crippen LogP contribution in [0.15, 0.2) is 0 Å². The lowest BCUT2D eigenvalue weighted by Gasteiger charge is -2.35. The van der Waals surface area contributed by atoms with E-state index in [1.54, 1.807) is 7.11 Å². The van der Waals surface area contributed by atoms with Gasteiger partial charge in [0.1, 0.15) is 0 Å². The van der Waals surface area contributed by atoms with Crippen LogP contribution in [0.5, 0.6) is 0 Å². The summed E-state index contributed by atoms with van der Waals surface area (Å²) in [6, 6.07) is 0. The summed E-state index contributed by atoms with van der Waals surface area (Å²) in [5.74, 6) is 0.907. The molecule has 1 aliphatic rings. The van der Waals surface area contributed by atoms with Gasteiger partial charge < -0.3 is 15.4 Å². The number of carbonyl (C=O) groups is 1. The fourth-order valence-corrected chi connectivity index (χ4v) is 3.47. The Morgan fingerprint density at radius 2 is 1.95 bits per heavy atom. The van der Waals surface area contributed by atoms with Crippen molar-refractivity contribution in [3.8, 4) is 0 Å². The van der Waals surface area contributed by atoms with E-state index in [2.05, 4.69) is 13.8 Å². The van der Waals surface area contributed by atoms with E-state index in [0.717, 1.165) is 32.2 Å². The van der Waals surface area contributed by atoms with Gasteiger partial charge in [-0.05, 0) is 38.1 Å². The summed E-state index contributed by atoms with van der Waals surface area (Å²) < 4.78 is 5.15. The molecule has 0 aromatic rings. The first-order chi connectivity index (χ1) is 9.55. The van der Waals surface area contributed by atoms with E-state index in [0.29, 0.717) is 31.5 Å². The number of hydrogen-bond acceptors (Lipinski definition) is 3. The van der Waals surface area contributed by atoms with Crippen LogP contribution in [0.2, 0.25) is 0 Å². The van der Waals surface area contributed by atoms with E-state index < -0.39 is 0 Å². The number of ether oxygens (including phenoxy) is 1. The molecule has 0 heterocycles. The first-order valence-corrected chi connectivity index (χ1v) is 8.04. The highest BCUT2D eigenvalue weighted by Gasteiger charge is 2.43. The third-order valence-electron chi connectivity index (χ3n) is 4.30. The van der Waals surface area contributed by atoms with Gasteiger partial charge in [-0.15, -0.1) is 0 Å². The molecule has 0 bridgehead atoms. The Kier molecular flexibility index (Phi) is 7.52. The van der Waals surface area contributed by atoms with Gasteiger partial charge in [-0.25, -0.2) is 0 Å². The van der Waals surface area contributed by atoms with Crippen LogP contribution in [-0.4, -0.2) is 44.2 Å². The zero-order chi connectivity index (χ0) is 15.0. The minimum atomic E-state index is -0.115. The van der Waals surface area contributed by atoms with Gasteiger partial charge in [-0.1, -0.05) is 26.7 Å². The zero-order valence-electron chi connectivity index (χ0n) is 13.5. The van der Waals surface area contributed by atoms with E-state index in [4.69, 9.17) is 10.5 Å². The molecule has 4 heteroatoms. The second-order valence-corrected chi connectivity index (χ2v) is 6.51. The molecule has 0 aromatic heterocycles. The van der Waals surface area contributed by atoms with Crippen molar-refractivity contribution in [1.29, 1.82) is 0 Å². The van der Waals surface area contributed by atoms with Crippen LogP contribution in [0.1, 0.15) is 52.4 Å². The van der Waals surface area contributed by atoms with Crippen molar-refractivity contribution >= 4 is 5.91 Å². The molecular formula is C16H32N2O2. The molecule has 1 amide bonds. The van der Waals surface area contributed by atoms with Gasteiger partial charge in [0.05, 0.1) is 6.61 Å². The van der Waals surface area contributed by atoms with E-state index >= 15 is 0 Å². The Bertz CT molecular complexity index is 278. The fraction of sp³-hybridized carbons (Fsp3) is 0.938. The largest absolute Gasteiger partial charge is 0.383 e.